The van der Waals surface area contributed by atoms with Crippen molar-refractivity contribution in [2.45, 2.75) is 13.8 Å². The molecule has 0 saturated carbocycles. The molecule has 2 amide bonds. The second-order valence-corrected chi connectivity index (χ2v) is 6.17. The minimum absolute atomic E-state index is 0.193. The third-order valence-electron chi connectivity index (χ3n) is 4.15. The van der Waals surface area contributed by atoms with E-state index in [0.717, 1.165) is 11.3 Å². The number of aromatic nitrogens is 1. The summed E-state index contributed by atoms with van der Waals surface area (Å²) in [6.07, 6.45) is 2.94. The molecule has 1 N–H and O–H groups in total. The molecule has 136 valence electrons. The highest BCUT2D eigenvalue weighted by molar-refractivity contribution is 6.09. The average Bonchev–Trinajstić information content (AvgIpc) is 2.69. The molecule has 0 bridgehead atoms. The Balaban J connectivity index is 1.82. The SMILES string of the molecule is CCN(C(=O)c1cncc(C(=O)Nc2cccc(C)c2)c1)c1ccccc1. The van der Waals surface area contributed by atoms with E-state index in [9.17, 15) is 9.59 Å². The maximum atomic E-state index is 12.9. The Labute approximate surface area is 158 Å². The van der Waals surface area contributed by atoms with E-state index in [1.807, 2.05) is 68.4 Å². The lowest BCUT2D eigenvalue weighted by Gasteiger charge is -2.21. The highest BCUT2D eigenvalue weighted by Crippen LogP contribution is 2.17. The van der Waals surface area contributed by atoms with Crippen LogP contribution in [0.2, 0.25) is 0 Å². The van der Waals surface area contributed by atoms with Gasteiger partial charge in [0.25, 0.3) is 11.8 Å². The molecule has 0 fully saturated rings. The average molecular weight is 359 g/mol. The quantitative estimate of drug-likeness (QED) is 0.738. The second-order valence-electron chi connectivity index (χ2n) is 6.17. The number of anilines is 2. The number of hydrogen-bond acceptors (Lipinski definition) is 3. The molecular weight excluding hydrogens is 338 g/mol. The van der Waals surface area contributed by atoms with Crippen molar-refractivity contribution in [2.24, 2.45) is 0 Å². The van der Waals surface area contributed by atoms with Crippen LogP contribution < -0.4 is 10.2 Å². The molecule has 0 saturated heterocycles. The molecule has 3 aromatic rings. The van der Waals surface area contributed by atoms with E-state index in [0.29, 0.717) is 23.4 Å². The predicted octanol–water partition coefficient (Wildman–Crippen LogP) is 4.31. The molecule has 5 heteroatoms. The number of para-hydroxylation sites is 1. The number of rotatable bonds is 5. The van der Waals surface area contributed by atoms with Crippen LogP contribution in [0.1, 0.15) is 33.2 Å². The van der Waals surface area contributed by atoms with Gasteiger partial charge in [-0.2, -0.15) is 0 Å². The first-order valence-electron chi connectivity index (χ1n) is 8.78. The van der Waals surface area contributed by atoms with Crippen molar-refractivity contribution in [3.63, 3.8) is 0 Å². The Bertz CT molecular complexity index is 955. The van der Waals surface area contributed by atoms with Crippen LogP contribution in [0, 0.1) is 6.92 Å². The summed E-state index contributed by atoms with van der Waals surface area (Å²) in [5.41, 5.74) is 3.27. The van der Waals surface area contributed by atoms with Crippen molar-refractivity contribution >= 4 is 23.2 Å². The summed E-state index contributed by atoms with van der Waals surface area (Å²) in [6.45, 7) is 4.38. The van der Waals surface area contributed by atoms with Gasteiger partial charge in [0.1, 0.15) is 0 Å². The molecular formula is C22H21N3O2. The Hall–Kier alpha value is -3.47. The fourth-order valence-electron chi connectivity index (χ4n) is 2.81. The van der Waals surface area contributed by atoms with Gasteiger partial charge in [-0.25, -0.2) is 0 Å². The molecule has 3 rings (SSSR count). The number of amides is 2. The molecule has 0 atom stereocenters. The normalized spacial score (nSPS) is 10.3. The van der Waals surface area contributed by atoms with Gasteiger partial charge in [-0.05, 0) is 49.7 Å². The van der Waals surface area contributed by atoms with E-state index in [-0.39, 0.29) is 11.8 Å². The second kappa shape index (κ2) is 8.27. The predicted molar refractivity (Wildman–Crippen MR) is 107 cm³/mol. The molecule has 5 nitrogen and oxygen atoms in total. The highest BCUT2D eigenvalue weighted by Gasteiger charge is 2.18. The van der Waals surface area contributed by atoms with Crippen LogP contribution in [0.25, 0.3) is 0 Å². The molecule has 0 spiro atoms. The van der Waals surface area contributed by atoms with Crippen molar-refractivity contribution < 1.29 is 9.59 Å². The van der Waals surface area contributed by atoms with Crippen LogP contribution >= 0.6 is 0 Å². The van der Waals surface area contributed by atoms with Gasteiger partial charge in [0.2, 0.25) is 0 Å². The molecule has 1 heterocycles. The lowest BCUT2D eigenvalue weighted by molar-refractivity contribution is 0.0988. The number of hydrogen-bond donors (Lipinski definition) is 1. The van der Waals surface area contributed by atoms with E-state index in [1.165, 1.54) is 12.4 Å². The fraction of sp³-hybridized carbons (Fsp3) is 0.136. The van der Waals surface area contributed by atoms with E-state index < -0.39 is 0 Å². The van der Waals surface area contributed by atoms with Crippen molar-refractivity contribution in [2.75, 3.05) is 16.8 Å². The summed E-state index contributed by atoms with van der Waals surface area (Å²) in [4.78, 5) is 31.2. The highest BCUT2D eigenvalue weighted by atomic mass is 16.2. The monoisotopic (exact) mass is 359 g/mol. The third-order valence-corrected chi connectivity index (χ3v) is 4.15. The molecule has 0 aliphatic heterocycles. The van der Waals surface area contributed by atoms with Crippen LogP contribution in [-0.4, -0.2) is 23.3 Å². The van der Waals surface area contributed by atoms with Crippen LogP contribution in [-0.2, 0) is 0 Å². The molecule has 0 radical (unpaired) electrons. The van der Waals surface area contributed by atoms with Crippen LogP contribution in [0.3, 0.4) is 0 Å². The smallest absolute Gasteiger partial charge is 0.259 e. The first-order valence-corrected chi connectivity index (χ1v) is 8.78. The number of carbonyl (C=O) groups excluding carboxylic acids is 2. The minimum Gasteiger partial charge on any atom is -0.322 e. The lowest BCUT2D eigenvalue weighted by Crippen LogP contribution is -2.31. The van der Waals surface area contributed by atoms with Crippen molar-refractivity contribution in [1.82, 2.24) is 4.98 Å². The Morgan fingerprint density at radius 2 is 1.70 bits per heavy atom. The van der Waals surface area contributed by atoms with E-state index in [4.69, 9.17) is 0 Å². The molecule has 27 heavy (non-hydrogen) atoms. The van der Waals surface area contributed by atoms with E-state index >= 15 is 0 Å². The summed E-state index contributed by atoms with van der Waals surface area (Å²) >= 11 is 0. The Kier molecular flexibility index (Phi) is 5.61. The van der Waals surface area contributed by atoms with Crippen molar-refractivity contribution in [1.29, 1.82) is 0 Å². The molecule has 0 unspecified atom stereocenters. The van der Waals surface area contributed by atoms with Gasteiger partial charge in [0.15, 0.2) is 0 Å². The summed E-state index contributed by atoms with van der Waals surface area (Å²) in [7, 11) is 0. The number of nitrogens with one attached hydrogen (secondary N) is 1. The van der Waals surface area contributed by atoms with Gasteiger partial charge < -0.3 is 10.2 Å². The van der Waals surface area contributed by atoms with E-state index in [2.05, 4.69) is 10.3 Å². The van der Waals surface area contributed by atoms with Gasteiger partial charge >= 0.3 is 0 Å². The number of carbonyl (C=O) groups is 2. The van der Waals surface area contributed by atoms with E-state index in [1.54, 1.807) is 11.0 Å². The van der Waals surface area contributed by atoms with Gasteiger partial charge in [0, 0.05) is 30.3 Å². The lowest BCUT2D eigenvalue weighted by atomic mass is 10.1. The zero-order valence-electron chi connectivity index (χ0n) is 15.3. The van der Waals surface area contributed by atoms with Crippen molar-refractivity contribution in [3.05, 3.63) is 89.7 Å². The molecule has 0 aliphatic carbocycles. The minimum atomic E-state index is -0.300. The number of nitrogens with zero attached hydrogens (tertiary/aromatic N) is 2. The Morgan fingerprint density at radius 3 is 2.41 bits per heavy atom. The standard InChI is InChI=1S/C22H21N3O2/c1-3-25(20-10-5-4-6-11-20)22(27)18-13-17(14-23-15-18)21(26)24-19-9-7-8-16(2)12-19/h4-15H,3H2,1-2H3,(H,24,26). The van der Waals surface area contributed by atoms with Crippen LogP contribution in [0.4, 0.5) is 11.4 Å². The topological polar surface area (TPSA) is 62.3 Å². The van der Waals surface area contributed by atoms with Gasteiger partial charge in [0.05, 0.1) is 11.1 Å². The summed E-state index contributed by atoms with van der Waals surface area (Å²) in [5, 5.41) is 2.84. The summed E-state index contributed by atoms with van der Waals surface area (Å²) < 4.78 is 0. The van der Waals surface area contributed by atoms with Gasteiger partial charge in [-0.3, -0.25) is 14.6 Å². The largest absolute Gasteiger partial charge is 0.322 e. The van der Waals surface area contributed by atoms with Crippen LogP contribution in [0.15, 0.2) is 73.1 Å². The third kappa shape index (κ3) is 4.39. The molecule has 0 aliphatic rings. The fourth-order valence-corrected chi connectivity index (χ4v) is 2.81. The zero-order valence-corrected chi connectivity index (χ0v) is 15.3. The Morgan fingerprint density at radius 1 is 0.963 bits per heavy atom. The van der Waals surface area contributed by atoms with Gasteiger partial charge in [-0.1, -0.05) is 30.3 Å². The first-order chi connectivity index (χ1) is 13.1. The van der Waals surface area contributed by atoms with Crippen LogP contribution in [0.5, 0.6) is 0 Å². The zero-order chi connectivity index (χ0) is 19.2. The molecule has 1 aromatic heterocycles. The summed E-state index contributed by atoms with van der Waals surface area (Å²) in [5.74, 6) is -0.494. The van der Waals surface area contributed by atoms with Gasteiger partial charge in [-0.15, -0.1) is 0 Å². The number of pyridine rings is 1. The maximum Gasteiger partial charge on any atom is 0.259 e. The number of benzene rings is 2. The summed E-state index contributed by atoms with van der Waals surface area (Å²) in [6, 6.07) is 18.5. The van der Waals surface area contributed by atoms with Crippen molar-refractivity contribution in [3.8, 4) is 0 Å². The molecule has 2 aromatic carbocycles. The first kappa shape index (κ1) is 18.3. The maximum absolute atomic E-state index is 12.9. The number of aryl methyl sites for hydroxylation is 1.